The fraction of sp³-hybridized carbons (Fsp3) is 0.400. The molecule has 0 spiro atoms. The molecule has 1 saturated carbocycles. The Balaban J connectivity index is 2.01. The number of allylic oxidation sites excluding steroid dienone is 2. The Morgan fingerprint density at radius 2 is 1.83 bits per heavy atom. The van der Waals surface area contributed by atoms with Crippen LogP contribution in [-0.4, -0.2) is 12.9 Å². The SMILES string of the molecule is COc1ccc(C2=C(Br)C(=O)[C@H]3CCC[C@@H]23)cc1. The second-order valence-corrected chi connectivity index (χ2v) is 5.76. The van der Waals surface area contributed by atoms with Crippen LogP contribution < -0.4 is 4.74 Å². The number of rotatable bonds is 2. The minimum absolute atomic E-state index is 0.219. The predicted octanol–water partition coefficient (Wildman–Crippen LogP) is 3.80. The van der Waals surface area contributed by atoms with E-state index in [9.17, 15) is 4.79 Å². The first-order valence-electron chi connectivity index (χ1n) is 6.30. The molecule has 3 rings (SSSR count). The third-order valence-corrected chi connectivity index (χ3v) is 4.90. The summed E-state index contributed by atoms with van der Waals surface area (Å²) in [4.78, 5) is 12.2. The zero-order chi connectivity index (χ0) is 12.7. The summed E-state index contributed by atoms with van der Waals surface area (Å²) in [6, 6.07) is 8.00. The van der Waals surface area contributed by atoms with Crippen LogP contribution >= 0.6 is 15.9 Å². The highest BCUT2D eigenvalue weighted by Crippen LogP contribution is 2.51. The zero-order valence-electron chi connectivity index (χ0n) is 10.3. The van der Waals surface area contributed by atoms with Crippen LogP contribution in [0, 0.1) is 11.8 Å². The average Bonchev–Trinajstić information content (AvgIpc) is 2.95. The Kier molecular flexibility index (Phi) is 3.02. The standard InChI is InChI=1S/C15H15BrO2/c1-18-10-7-5-9(6-8-10)13-11-3-2-4-12(11)15(17)14(13)16/h5-8,11-12H,2-4H2,1H3/t11-,12+/m1/s1. The molecular weight excluding hydrogens is 292 g/mol. The molecule has 1 aromatic rings. The molecule has 2 aliphatic rings. The summed E-state index contributed by atoms with van der Waals surface area (Å²) in [6.45, 7) is 0. The summed E-state index contributed by atoms with van der Waals surface area (Å²) in [7, 11) is 1.66. The molecule has 0 unspecified atom stereocenters. The third-order valence-electron chi connectivity index (χ3n) is 4.08. The number of benzene rings is 1. The number of ether oxygens (including phenoxy) is 1. The summed E-state index contributed by atoms with van der Waals surface area (Å²) in [5, 5.41) is 0. The van der Waals surface area contributed by atoms with Gasteiger partial charge < -0.3 is 4.74 Å². The van der Waals surface area contributed by atoms with Gasteiger partial charge in [-0.2, -0.15) is 0 Å². The second-order valence-electron chi connectivity index (χ2n) is 4.96. The van der Waals surface area contributed by atoms with Gasteiger partial charge in [0.2, 0.25) is 0 Å². The van der Waals surface area contributed by atoms with Crippen LogP contribution in [-0.2, 0) is 4.79 Å². The molecule has 0 bridgehead atoms. The van der Waals surface area contributed by atoms with Crippen molar-refractivity contribution in [1.29, 1.82) is 0 Å². The van der Waals surface area contributed by atoms with Gasteiger partial charge in [0, 0.05) is 5.92 Å². The van der Waals surface area contributed by atoms with E-state index >= 15 is 0 Å². The molecule has 0 N–H and O–H groups in total. The Morgan fingerprint density at radius 3 is 2.50 bits per heavy atom. The molecule has 0 aromatic heterocycles. The van der Waals surface area contributed by atoms with Gasteiger partial charge in [-0.15, -0.1) is 0 Å². The van der Waals surface area contributed by atoms with Gasteiger partial charge >= 0.3 is 0 Å². The molecular formula is C15H15BrO2. The molecule has 1 aromatic carbocycles. The lowest BCUT2D eigenvalue weighted by Gasteiger charge is -2.13. The van der Waals surface area contributed by atoms with Crippen LogP contribution in [0.5, 0.6) is 5.75 Å². The normalized spacial score (nSPS) is 26.7. The van der Waals surface area contributed by atoms with E-state index in [-0.39, 0.29) is 5.92 Å². The van der Waals surface area contributed by atoms with Gasteiger partial charge in [0.25, 0.3) is 0 Å². The Labute approximate surface area is 115 Å². The maximum Gasteiger partial charge on any atom is 0.173 e. The van der Waals surface area contributed by atoms with Crippen LogP contribution in [0.2, 0.25) is 0 Å². The summed E-state index contributed by atoms with van der Waals surface area (Å²) in [5.74, 6) is 1.78. The number of fused-ring (bicyclic) bond motifs is 1. The van der Waals surface area contributed by atoms with Gasteiger partial charge in [0.05, 0.1) is 11.6 Å². The fourth-order valence-corrected chi connectivity index (χ4v) is 4.01. The fourth-order valence-electron chi connectivity index (χ4n) is 3.19. The van der Waals surface area contributed by atoms with Crippen molar-refractivity contribution < 1.29 is 9.53 Å². The molecule has 0 amide bonds. The Hall–Kier alpha value is -1.09. The highest BCUT2D eigenvalue weighted by molar-refractivity contribution is 9.12. The van der Waals surface area contributed by atoms with Crippen molar-refractivity contribution in [3.63, 3.8) is 0 Å². The van der Waals surface area contributed by atoms with Crippen LogP contribution in [0.1, 0.15) is 24.8 Å². The molecule has 0 saturated heterocycles. The minimum atomic E-state index is 0.219. The zero-order valence-corrected chi connectivity index (χ0v) is 11.9. The van der Waals surface area contributed by atoms with E-state index in [1.165, 1.54) is 12.0 Å². The highest BCUT2D eigenvalue weighted by Gasteiger charge is 2.43. The number of methoxy groups -OCH3 is 1. The van der Waals surface area contributed by atoms with Crippen molar-refractivity contribution in [3.05, 3.63) is 34.3 Å². The van der Waals surface area contributed by atoms with E-state index in [2.05, 4.69) is 15.9 Å². The van der Waals surface area contributed by atoms with Gasteiger partial charge in [0.15, 0.2) is 5.78 Å². The van der Waals surface area contributed by atoms with Crippen LogP contribution in [0.15, 0.2) is 28.7 Å². The van der Waals surface area contributed by atoms with Gasteiger partial charge in [-0.25, -0.2) is 0 Å². The molecule has 1 fully saturated rings. The Bertz CT molecular complexity index is 516. The van der Waals surface area contributed by atoms with Gasteiger partial charge in [-0.1, -0.05) is 18.6 Å². The average molecular weight is 307 g/mol. The number of carbonyl (C=O) groups excluding carboxylic acids is 1. The third kappa shape index (κ3) is 1.72. The molecule has 3 heteroatoms. The summed E-state index contributed by atoms with van der Waals surface area (Å²) in [5.41, 5.74) is 2.34. The molecule has 18 heavy (non-hydrogen) atoms. The lowest BCUT2D eigenvalue weighted by atomic mass is 9.90. The lowest BCUT2D eigenvalue weighted by molar-refractivity contribution is -0.118. The van der Waals surface area contributed by atoms with Crippen LogP contribution in [0.4, 0.5) is 0 Å². The first kappa shape index (κ1) is 12.0. The monoisotopic (exact) mass is 306 g/mol. The second kappa shape index (κ2) is 4.54. The number of Topliss-reactive ketones (excluding diaryl/α,β-unsaturated/α-hetero) is 1. The first-order valence-corrected chi connectivity index (χ1v) is 7.10. The van der Waals surface area contributed by atoms with Crippen molar-refractivity contribution >= 4 is 27.3 Å². The van der Waals surface area contributed by atoms with E-state index in [4.69, 9.17) is 4.74 Å². The predicted molar refractivity (Wildman–Crippen MR) is 74.7 cm³/mol. The van der Waals surface area contributed by atoms with Gasteiger partial charge in [-0.3, -0.25) is 4.79 Å². The lowest BCUT2D eigenvalue weighted by Crippen LogP contribution is -2.10. The molecule has 0 aliphatic heterocycles. The van der Waals surface area contributed by atoms with E-state index in [0.717, 1.165) is 28.6 Å². The number of ketones is 1. The topological polar surface area (TPSA) is 26.3 Å². The van der Waals surface area contributed by atoms with E-state index < -0.39 is 0 Å². The minimum Gasteiger partial charge on any atom is -0.497 e. The molecule has 0 radical (unpaired) electrons. The van der Waals surface area contributed by atoms with Gasteiger partial charge in [-0.05, 0) is 58.0 Å². The van der Waals surface area contributed by atoms with Crippen molar-refractivity contribution in [2.45, 2.75) is 19.3 Å². The van der Waals surface area contributed by atoms with Crippen molar-refractivity contribution in [3.8, 4) is 5.75 Å². The molecule has 2 aliphatic carbocycles. The number of halogens is 1. The number of carbonyl (C=O) groups is 1. The summed E-state index contributed by atoms with van der Waals surface area (Å²) in [6.07, 6.45) is 3.34. The van der Waals surface area contributed by atoms with E-state index in [1.807, 2.05) is 24.3 Å². The number of hydrogen-bond donors (Lipinski definition) is 0. The maximum absolute atomic E-state index is 12.2. The van der Waals surface area contributed by atoms with Gasteiger partial charge in [0.1, 0.15) is 5.75 Å². The largest absolute Gasteiger partial charge is 0.497 e. The quantitative estimate of drug-likeness (QED) is 0.830. The Morgan fingerprint density at radius 1 is 1.17 bits per heavy atom. The number of hydrogen-bond acceptors (Lipinski definition) is 2. The molecule has 0 heterocycles. The van der Waals surface area contributed by atoms with Crippen molar-refractivity contribution in [2.75, 3.05) is 7.11 Å². The smallest absolute Gasteiger partial charge is 0.173 e. The van der Waals surface area contributed by atoms with E-state index in [1.54, 1.807) is 7.11 Å². The summed E-state index contributed by atoms with van der Waals surface area (Å²) < 4.78 is 5.97. The van der Waals surface area contributed by atoms with Crippen LogP contribution in [0.25, 0.3) is 5.57 Å². The van der Waals surface area contributed by atoms with E-state index in [0.29, 0.717) is 11.7 Å². The first-order chi connectivity index (χ1) is 8.72. The van der Waals surface area contributed by atoms with Crippen LogP contribution in [0.3, 0.4) is 0 Å². The van der Waals surface area contributed by atoms with Crippen molar-refractivity contribution in [1.82, 2.24) is 0 Å². The summed E-state index contributed by atoms with van der Waals surface area (Å²) >= 11 is 3.50. The molecule has 2 nitrogen and oxygen atoms in total. The molecule has 2 atom stereocenters. The molecule has 94 valence electrons. The van der Waals surface area contributed by atoms with Crippen molar-refractivity contribution in [2.24, 2.45) is 11.8 Å². The maximum atomic E-state index is 12.2. The highest BCUT2D eigenvalue weighted by atomic mass is 79.9.